The summed E-state index contributed by atoms with van der Waals surface area (Å²) in [6, 6.07) is 2.66. The zero-order valence-electron chi connectivity index (χ0n) is 14.3. The Hall–Kier alpha value is -1.65. The number of halogens is 3. The highest BCUT2D eigenvalue weighted by Gasteiger charge is 2.35. The fourth-order valence-electron chi connectivity index (χ4n) is 2.46. The molecule has 0 radical (unpaired) electrons. The molecule has 1 saturated heterocycles. The van der Waals surface area contributed by atoms with Crippen molar-refractivity contribution in [3.63, 3.8) is 0 Å². The molecule has 2 atom stereocenters. The van der Waals surface area contributed by atoms with E-state index in [2.05, 4.69) is 0 Å². The number of nitrogens with zero attached hydrogens (tertiary/aromatic N) is 1. The van der Waals surface area contributed by atoms with E-state index in [1.54, 1.807) is 6.92 Å². The molecule has 1 fully saturated rings. The maximum atomic E-state index is 13.2. The van der Waals surface area contributed by atoms with Gasteiger partial charge in [0, 0.05) is 20.0 Å². The third-order valence-electron chi connectivity index (χ3n) is 4.19. The van der Waals surface area contributed by atoms with E-state index in [9.17, 15) is 26.4 Å². The Balaban J connectivity index is 2.40. The van der Waals surface area contributed by atoms with Gasteiger partial charge in [0.05, 0.1) is 23.2 Å². The topological polar surface area (TPSA) is 87.2 Å². The van der Waals surface area contributed by atoms with E-state index in [0.717, 1.165) is 10.4 Å². The first-order chi connectivity index (χ1) is 11.9. The number of carboxylic acids is 1. The van der Waals surface area contributed by atoms with E-state index in [1.807, 2.05) is 0 Å². The van der Waals surface area contributed by atoms with Crippen LogP contribution in [-0.4, -0.2) is 50.1 Å². The molecule has 6 nitrogen and oxygen atoms in total. The zero-order chi connectivity index (χ0) is 19.7. The number of rotatable bonds is 8. The molecular weight excluding hydrogens is 375 g/mol. The van der Waals surface area contributed by atoms with Crippen LogP contribution < -0.4 is 0 Å². The van der Waals surface area contributed by atoms with Crippen LogP contribution >= 0.6 is 0 Å². The van der Waals surface area contributed by atoms with Crippen molar-refractivity contribution in [2.75, 3.05) is 20.2 Å². The van der Waals surface area contributed by atoms with Gasteiger partial charge >= 0.3 is 12.1 Å². The first kappa shape index (κ1) is 20.7. The molecule has 1 aromatic rings. The summed E-state index contributed by atoms with van der Waals surface area (Å²) in [5.74, 6) is -1.61. The van der Waals surface area contributed by atoms with Gasteiger partial charge in [-0.2, -0.15) is 17.5 Å². The molecule has 26 heavy (non-hydrogen) atoms. The smallest absolute Gasteiger partial charge is 0.416 e. The Labute approximate surface area is 149 Å². The number of epoxide rings is 1. The van der Waals surface area contributed by atoms with Crippen LogP contribution in [0.15, 0.2) is 23.1 Å². The molecule has 146 valence electrons. The Morgan fingerprint density at radius 3 is 2.50 bits per heavy atom. The van der Waals surface area contributed by atoms with Crippen LogP contribution in [0.3, 0.4) is 0 Å². The van der Waals surface area contributed by atoms with Crippen molar-refractivity contribution in [1.29, 1.82) is 0 Å². The average Bonchev–Trinajstić information content (AvgIpc) is 3.35. The normalized spacial score (nSPS) is 18.8. The van der Waals surface area contributed by atoms with Gasteiger partial charge in [0.2, 0.25) is 10.0 Å². The standard InChI is InChI=1S/C16H20F3NO5S/c1-10(3-4-15(21)22)11-5-12(16(17,18)19)7-14(6-11)26(23,24)20(2)8-13-9-25-13/h5-7,10,13H,3-4,8-9H2,1-2H3,(H,21,22). The summed E-state index contributed by atoms with van der Waals surface area (Å²) in [6.07, 6.45) is -5.08. The van der Waals surface area contributed by atoms with Crippen LogP contribution in [0, 0.1) is 0 Å². The first-order valence-corrected chi connectivity index (χ1v) is 9.37. The predicted molar refractivity (Wildman–Crippen MR) is 86.3 cm³/mol. The van der Waals surface area contributed by atoms with Crippen LogP contribution in [0.1, 0.15) is 36.8 Å². The number of alkyl halides is 3. The number of likely N-dealkylation sites (N-methyl/N-ethyl adjacent to an activating group) is 1. The monoisotopic (exact) mass is 395 g/mol. The van der Waals surface area contributed by atoms with E-state index in [1.165, 1.54) is 13.1 Å². The molecule has 0 spiro atoms. The summed E-state index contributed by atoms with van der Waals surface area (Å²) in [4.78, 5) is 10.2. The highest BCUT2D eigenvalue weighted by molar-refractivity contribution is 7.89. The lowest BCUT2D eigenvalue weighted by Gasteiger charge is -2.20. The Bertz CT molecular complexity index is 775. The van der Waals surface area contributed by atoms with Crippen LogP contribution in [0.4, 0.5) is 13.2 Å². The SMILES string of the molecule is CC(CCC(=O)O)c1cc(C(F)(F)F)cc(S(=O)(=O)N(C)CC2CO2)c1. The molecule has 0 aliphatic carbocycles. The Morgan fingerprint density at radius 1 is 1.38 bits per heavy atom. The molecule has 2 unspecified atom stereocenters. The number of ether oxygens (including phenoxy) is 1. The molecule has 0 amide bonds. The molecule has 10 heteroatoms. The quantitative estimate of drug-likeness (QED) is 0.684. The van der Waals surface area contributed by atoms with Crippen molar-refractivity contribution >= 4 is 16.0 Å². The zero-order valence-corrected chi connectivity index (χ0v) is 15.1. The van der Waals surface area contributed by atoms with Gasteiger partial charge in [0.25, 0.3) is 0 Å². The molecule has 1 N–H and O–H groups in total. The predicted octanol–water partition coefficient (Wildman–Crippen LogP) is 2.69. The molecule has 1 aliphatic heterocycles. The number of hydrogen-bond acceptors (Lipinski definition) is 4. The first-order valence-electron chi connectivity index (χ1n) is 7.93. The average molecular weight is 395 g/mol. The lowest BCUT2D eigenvalue weighted by atomic mass is 9.94. The van der Waals surface area contributed by atoms with Crippen molar-refractivity contribution < 1.29 is 36.2 Å². The van der Waals surface area contributed by atoms with E-state index in [0.29, 0.717) is 12.7 Å². The molecule has 1 heterocycles. The Kier molecular flexibility index (Phi) is 5.99. The summed E-state index contributed by atoms with van der Waals surface area (Å²) in [5, 5.41) is 8.75. The number of sulfonamides is 1. The van der Waals surface area contributed by atoms with Gasteiger partial charge < -0.3 is 9.84 Å². The van der Waals surface area contributed by atoms with Gasteiger partial charge in [0.1, 0.15) is 0 Å². The van der Waals surface area contributed by atoms with Crippen molar-refractivity contribution in [3.8, 4) is 0 Å². The molecule has 0 bridgehead atoms. The minimum absolute atomic E-state index is 0.0580. The summed E-state index contributed by atoms with van der Waals surface area (Å²) >= 11 is 0. The molecule has 1 aromatic carbocycles. The second-order valence-electron chi connectivity index (χ2n) is 6.36. The second-order valence-corrected chi connectivity index (χ2v) is 8.41. The second kappa shape index (κ2) is 7.53. The van der Waals surface area contributed by atoms with Crippen LogP contribution in [0.2, 0.25) is 0 Å². The van der Waals surface area contributed by atoms with Gasteiger partial charge in [-0.3, -0.25) is 4.79 Å². The minimum Gasteiger partial charge on any atom is -0.481 e. The highest BCUT2D eigenvalue weighted by Crippen LogP contribution is 2.35. The lowest BCUT2D eigenvalue weighted by molar-refractivity contribution is -0.138. The van der Waals surface area contributed by atoms with Crippen LogP contribution in [0.25, 0.3) is 0 Å². The van der Waals surface area contributed by atoms with Crippen LogP contribution in [0.5, 0.6) is 0 Å². The van der Waals surface area contributed by atoms with Gasteiger partial charge in [-0.15, -0.1) is 0 Å². The molecular formula is C16H20F3NO5S. The maximum Gasteiger partial charge on any atom is 0.416 e. The third-order valence-corrected chi connectivity index (χ3v) is 5.99. The van der Waals surface area contributed by atoms with E-state index < -0.39 is 38.5 Å². The fraction of sp³-hybridized carbons (Fsp3) is 0.562. The Morgan fingerprint density at radius 2 is 2.00 bits per heavy atom. The molecule has 0 saturated carbocycles. The number of carbonyl (C=O) groups is 1. The highest BCUT2D eigenvalue weighted by atomic mass is 32.2. The van der Waals surface area contributed by atoms with Crippen molar-refractivity contribution in [3.05, 3.63) is 29.3 Å². The summed E-state index contributed by atoms with van der Waals surface area (Å²) in [6.45, 7) is 2.04. The molecule has 0 aromatic heterocycles. The largest absolute Gasteiger partial charge is 0.481 e. The summed E-state index contributed by atoms with van der Waals surface area (Å²) in [5.41, 5.74) is -0.942. The van der Waals surface area contributed by atoms with Gasteiger partial charge in [-0.25, -0.2) is 8.42 Å². The fourth-order valence-corrected chi connectivity index (χ4v) is 3.75. The van der Waals surface area contributed by atoms with E-state index >= 15 is 0 Å². The van der Waals surface area contributed by atoms with E-state index in [-0.39, 0.29) is 31.1 Å². The van der Waals surface area contributed by atoms with Gasteiger partial charge in [-0.05, 0) is 36.1 Å². The van der Waals surface area contributed by atoms with Gasteiger partial charge in [-0.1, -0.05) is 6.92 Å². The number of benzene rings is 1. The number of hydrogen-bond donors (Lipinski definition) is 1. The van der Waals surface area contributed by atoms with Crippen molar-refractivity contribution in [2.45, 2.75) is 42.9 Å². The number of aliphatic carboxylic acids is 1. The van der Waals surface area contributed by atoms with Crippen molar-refractivity contribution in [2.24, 2.45) is 0 Å². The lowest BCUT2D eigenvalue weighted by Crippen LogP contribution is -2.31. The van der Waals surface area contributed by atoms with Crippen LogP contribution in [-0.2, 0) is 25.7 Å². The minimum atomic E-state index is -4.72. The third kappa shape index (κ3) is 5.18. The van der Waals surface area contributed by atoms with Crippen molar-refractivity contribution in [1.82, 2.24) is 4.31 Å². The van der Waals surface area contributed by atoms with E-state index in [4.69, 9.17) is 9.84 Å². The maximum absolute atomic E-state index is 13.2. The number of carboxylic acid groups (broad SMARTS) is 1. The van der Waals surface area contributed by atoms with Gasteiger partial charge in [0.15, 0.2) is 0 Å². The summed E-state index contributed by atoms with van der Waals surface area (Å²) < 4.78 is 70.8. The summed E-state index contributed by atoms with van der Waals surface area (Å²) in [7, 11) is -2.84. The molecule has 1 aliphatic rings. The molecule has 2 rings (SSSR count).